The molecule has 156 valence electrons. The molecular weight excluding hydrogens is 386 g/mol. The van der Waals surface area contributed by atoms with E-state index in [2.05, 4.69) is 21.8 Å². The molecule has 0 unspecified atom stereocenters. The second kappa shape index (κ2) is 8.49. The maximum absolute atomic E-state index is 11.1. The molecule has 1 aromatic heterocycles. The number of aromatic nitrogens is 2. The van der Waals surface area contributed by atoms with Gasteiger partial charge in [-0.2, -0.15) is 0 Å². The largest absolute Gasteiger partial charge is 0.444 e. The number of rotatable bonds is 6. The molecule has 1 aliphatic rings. The van der Waals surface area contributed by atoms with Crippen LogP contribution in [-0.2, 0) is 4.74 Å². The smallest absolute Gasteiger partial charge is 0.405 e. The number of primary amides is 1. The van der Waals surface area contributed by atoms with Crippen LogP contribution in [0.1, 0.15) is 40.0 Å². The Kier molecular flexibility index (Phi) is 6.21. The molecule has 1 aromatic carbocycles. The maximum Gasteiger partial charge on any atom is 0.405 e. The summed E-state index contributed by atoms with van der Waals surface area (Å²) in [6, 6.07) is 7.73. The van der Waals surface area contributed by atoms with Gasteiger partial charge in [0.15, 0.2) is 0 Å². The fourth-order valence-corrected chi connectivity index (χ4v) is 4.81. The number of ether oxygens (including phenoxy) is 1. The van der Waals surface area contributed by atoms with E-state index in [-0.39, 0.29) is 5.41 Å². The summed E-state index contributed by atoms with van der Waals surface area (Å²) in [5.41, 5.74) is 11.3. The molecule has 0 saturated carbocycles. The zero-order chi connectivity index (χ0) is 21.1. The first-order valence-electron chi connectivity index (χ1n) is 9.73. The number of nitrogen functional groups attached to an aromatic ring is 1. The van der Waals surface area contributed by atoms with Gasteiger partial charge in [0.1, 0.15) is 16.4 Å². The topological polar surface area (TPSA) is 107 Å². The van der Waals surface area contributed by atoms with Gasteiger partial charge in [0.25, 0.3) is 0 Å². The van der Waals surface area contributed by atoms with Gasteiger partial charge in [0.2, 0.25) is 0 Å². The number of hydrogen-bond acceptors (Lipinski definition) is 7. The van der Waals surface area contributed by atoms with Crippen molar-refractivity contribution < 1.29 is 9.53 Å². The van der Waals surface area contributed by atoms with Crippen LogP contribution >= 0.6 is 11.8 Å². The summed E-state index contributed by atoms with van der Waals surface area (Å²) < 4.78 is 5.28. The zero-order valence-corrected chi connectivity index (χ0v) is 18.0. The van der Waals surface area contributed by atoms with Crippen LogP contribution in [0.25, 0.3) is 0 Å². The molecule has 0 atom stereocenters. The molecule has 8 heteroatoms. The van der Waals surface area contributed by atoms with Crippen molar-refractivity contribution >= 4 is 29.4 Å². The van der Waals surface area contributed by atoms with Crippen LogP contribution in [0, 0.1) is 5.41 Å². The van der Waals surface area contributed by atoms with E-state index in [1.54, 1.807) is 18.0 Å². The molecule has 1 aliphatic heterocycles. The summed E-state index contributed by atoms with van der Waals surface area (Å²) in [4.78, 5) is 23.6. The SMILES string of the molecule is CC1(CC(C)(C)OC(N)=O)CCN(c2cnc(Sc3cccc(N)c3)cn2)CC1. The van der Waals surface area contributed by atoms with Crippen molar-refractivity contribution in [2.24, 2.45) is 11.1 Å². The van der Waals surface area contributed by atoms with Crippen molar-refractivity contribution in [3.63, 3.8) is 0 Å². The molecule has 29 heavy (non-hydrogen) atoms. The molecule has 0 radical (unpaired) electrons. The molecule has 0 aliphatic carbocycles. The van der Waals surface area contributed by atoms with Crippen LogP contribution in [0.4, 0.5) is 16.3 Å². The molecule has 2 heterocycles. The first kappa shape index (κ1) is 21.2. The van der Waals surface area contributed by atoms with Gasteiger partial charge in [0, 0.05) is 23.7 Å². The van der Waals surface area contributed by atoms with E-state index in [4.69, 9.17) is 16.2 Å². The number of nitrogens with zero attached hydrogens (tertiary/aromatic N) is 3. The van der Waals surface area contributed by atoms with Crippen molar-refractivity contribution in [2.75, 3.05) is 23.7 Å². The van der Waals surface area contributed by atoms with Gasteiger partial charge in [-0.1, -0.05) is 24.8 Å². The minimum absolute atomic E-state index is 0.0892. The lowest BCUT2D eigenvalue weighted by Gasteiger charge is -2.43. The summed E-state index contributed by atoms with van der Waals surface area (Å²) in [5, 5.41) is 0.839. The van der Waals surface area contributed by atoms with Gasteiger partial charge in [-0.3, -0.25) is 0 Å². The highest BCUT2D eigenvalue weighted by Gasteiger charge is 2.37. The quantitative estimate of drug-likeness (QED) is 0.684. The van der Waals surface area contributed by atoms with Crippen LogP contribution in [0.5, 0.6) is 0 Å². The highest BCUT2D eigenvalue weighted by atomic mass is 32.2. The lowest BCUT2D eigenvalue weighted by Crippen LogP contribution is -2.44. The van der Waals surface area contributed by atoms with Gasteiger partial charge >= 0.3 is 6.09 Å². The van der Waals surface area contributed by atoms with E-state index in [1.807, 2.05) is 44.3 Å². The first-order valence-corrected chi connectivity index (χ1v) is 10.5. The fourth-order valence-electron chi connectivity index (χ4n) is 4.01. The molecule has 1 fully saturated rings. The third-order valence-corrected chi connectivity index (χ3v) is 6.13. The summed E-state index contributed by atoms with van der Waals surface area (Å²) >= 11 is 1.54. The standard InChI is InChI=1S/C21H29N5O2S/c1-20(2,28-19(23)27)14-21(3)7-9-26(10-8-21)17-12-25-18(13-24-17)29-16-6-4-5-15(22)11-16/h4-6,11-13H,7-10,14,22H2,1-3H3,(H2,23,27). The number of carbonyl (C=O) groups is 1. The van der Waals surface area contributed by atoms with Gasteiger partial charge in [0.05, 0.1) is 12.4 Å². The van der Waals surface area contributed by atoms with Gasteiger partial charge in [-0.05, 0) is 56.7 Å². The van der Waals surface area contributed by atoms with Gasteiger partial charge < -0.3 is 21.1 Å². The first-order chi connectivity index (χ1) is 13.6. The number of anilines is 2. The minimum atomic E-state index is -0.720. The van der Waals surface area contributed by atoms with Crippen molar-refractivity contribution in [1.29, 1.82) is 0 Å². The number of amides is 1. The van der Waals surface area contributed by atoms with Crippen LogP contribution in [0.2, 0.25) is 0 Å². The van der Waals surface area contributed by atoms with E-state index in [0.29, 0.717) is 0 Å². The van der Waals surface area contributed by atoms with Crippen molar-refractivity contribution in [3.8, 4) is 0 Å². The number of piperidine rings is 1. The lowest BCUT2D eigenvalue weighted by molar-refractivity contribution is 0.00149. The third-order valence-electron chi connectivity index (χ3n) is 5.22. The Morgan fingerprint density at radius 2 is 2.00 bits per heavy atom. The molecule has 0 spiro atoms. The van der Waals surface area contributed by atoms with E-state index in [9.17, 15) is 4.79 Å². The Hall–Kier alpha value is -2.48. The van der Waals surface area contributed by atoms with E-state index < -0.39 is 11.7 Å². The Bertz CT molecular complexity index is 848. The minimum Gasteiger partial charge on any atom is -0.444 e. The molecule has 3 rings (SSSR count). The molecule has 2 aromatic rings. The van der Waals surface area contributed by atoms with Crippen LogP contribution in [0.3, 0.4) is 0 Å². The number of carbonyl (C=O) groups excluding carboxylic acids is 1. The highest BCUT2D eigenvalue weighted by Crippen LogP contribution is 2.40. The van der Waals surface area contributed by atoms with Crippen molar-refractivity contribution in [1.82, 2.24) is 9.97 Å². The van der Waals surface area contributed by atoms with Crippen molar-refractivity contribution in [2.45, 2.75) is 55.6 Å². The summed E-state index contributed by atoms with van der Waals surface area (Å²) in [7, 11) is 0. The Labute approximate surface area is 176 Å². The fraction of sp³-hybridized carbons (Fsp3) is 0.476. The Balaban J connectivity index is 1.57. The molecule has 4 N–H and O–H groups in total. The molecule has 0 bridgehead atoms. The van der Waals surface area contributed by atoms with E-state index >= 15 is 0 Å². The van der Waals surface area contributed by atoms with E-state index in [0.717, 1.165) is 53.8 Å². The predicted molar refractivity (Wildman–Crippen MR) is 116 cm³/mol. The zero-order valence-electron chi connectivity index (χ0n) is 17.2. The monoisotopic (exact) mass is 415 g/mol. The number of hydrogen-bond donors (Lipinski definition) is 2. The van der Waals surface area contributed by atoms with Crippen LogP contribution < -0.4 is 16.4 Å². The third kappa shape index (κ3) is 6.00. The van der Waals surface area contributed by atoms with E-state index in [1.165, 1.54) is 0 Å². The molecule has 1 amide bonds. The maximum atomic E-state index is 11.1. The summed E-state index contributed by atoms with van der Waals surface area (Å²) in [6.07, 6.45) is 5.67. The molecule has 7 nitrogen and oxygen atoms in total. The Morgan fingerprint density at radius 1 is 1.28 bits per heavy atom. The molecule has 1 saturated heterocycles. The highest BCUT2D eigenvalue weighted by molar-refractivity contribution is 7.99. The Morgan fingerprint density at radius 3 is 2.59 bits per heavy atom. The molecular formula is C21H29N5O2S. The predicted octanol–water partition coefficient (Wildman–Crippen LogP) is 4.08. The van der Waals surface area contributed by atoms with Crippen molar-refractivity contribution in [3.05, 3.63) is 36.7 Å². The van der Waals surface area contributed by atoms with Gasteiger partial charge in [-0.25, -0.2) is 14.8 Å². The average molecular weight is 416 g/mol. The average Bonchev–Trinajstić information content (AvgIpc) is 2.61. The summed E-state index contributed by atoms with van der Waals surface area (Å²) in [6.45, 7) is 7.85. The second-order valence-electron chi connectivity index (χ2n) is 8.54. The number of benzene rings is 1. The van der Waals surface area contributed by atoms with Crippen LogP contribution in [0.15, 0.2) is 46.6 Å². The normalized spacial score (nSPS) is 16.4. The lowest BCUT2D eigenvalue weighted by atomic mass is 9.73. The van der Waals surface area contributed by atoms with Crippen LogP contribution in [-0.4, -0.2) is 34.8 Å². The van der Waals surface area contributed by atoms with Gasteiger partial charge in [-0.15, -0.1) is 0 Å². The number of nitrogens with two attached hydrogens (primary N) is 2. The second-order valence-corrected chi connectivity index (χ2v) is 9.64. The summed E-state index contributed by atoms with van der Waals surface area (Å²) in [5.74, 6) is 0.886.